The SMILES string of the molecule is CCCCCCCCCCCC(=O)C(=O)c1ccc(O)cc1O. The number of hydrogen-bond acceptors (Lipinski definition) is 4. The summed E-state index contributed by atoms with van der Waals surface area (Å²) >= 11 is 0. The van der Waals surface area contributed by atoms with Gasteiger partial charge in [-0.1, -0.05) is 58.3 Å². The number of hydrogen-bond donors (Lipinski definition) is 2. The number of aromatic hydroxyl groups is 2. The second kappa shape index (κ2) is 10.8. The van der Waals surface area contributed by atoms with Gasteiger partial charge in [-0.05, 0) is 18.6 Å². The lowest BCUT2D eigenvalue weighted by atomic mass is 10.0. The first-order chi connectivity index (χ1) is 11.1. The molecule has 0 atom stereocenters. The highest BCUT2D eigenvalue weighted by Crippen LogP contribution is 2.23. The van der Waals surface area contributed by atoms with Crippen molar-refractivity contribution in [2.24, 2.45) is 0 Å². The first-order valence-electron chi connectivity index (χ1n) is 8.65. The maximum Gasteiger partial charge on any atom is 0.232 e. The maximum atomic E-state index is 12.0. The van der Waals surface area contributed by atoms with Crippen LogP contribution < -0.4 is 0 Å². The molecular weight excluding hydrogens is 292 g/mol. The fraction of sp³-hybridized carbons (Fsp3) is 0.579. The Morgan fingerprint density at radius 3 is 2.00 bits per heavy atom. The van der Waals surface area contributed by atoms with Crippen molar-refractivity contribution in [1.29, 1.82) is 0 Å². The highest BCUT2D eigenvalue weighted by molar-refractivity contribution is 6.44. The second-order valence-electron chi connectivity index (χ2n) is 6.03. The minimum atomic E-state index is -0.679. The van der Waals surface area contributed by atoms with Crippen molar-refractivity contribution in [2.45, 2.75) is 71.1 Å². The third-order valence-electron chi connectivity index (χ3n) is 3.99. The normalized spacial score (nSPS) is 10.7. The van der Waals surface area contributed by atoms with Gasteiger partial charge in [-0.2, -0.15) is 0 Å². The summed E-state index contributed by atoms with van der Waals surface area (Å²) in [5, 5.41) is 18.8. The van der Waals surface area contributed by atoms with Crippen molar-refractivity contribution < 1.29 is 19.8 Å². The number of ketones is 2. The van der Waals surface area contributed by atoms with Crippen LogP contribution in [0.2, 0.25) is 0 Å². The molecule has 4 nitrogen and oxygen atoms in total. The zero-order valence-corrected chi connectivity index (χ0v) is 14.0. The minimum Gasteiger partial charge on any atom is -0.508 e. The zero-order chi connectivity index (χ0) is 17.1. The molecule has 0 unspecified atom stereocenters. The van der Waals surface area contributed by atoms with Gasteiger partial charge in [0.1, 0.15) is 11.5 Å². The molecule has 128 valence electrons. The van der Waals surface area contributed by atoms with Crippen LogP contribution in [0.4, 0.5) is 0 Å². The Kier molecular flexibility index (Phi) is 9.03. The molecule has 0 aliphatic rings. The maximum absolute atomic E-state index is 12.0. The van der Waals surface area contributed by atoms with E-state index in [4.69, 9.17) is 0 Å². The third kappa shape index (κ3) is 7.31. The van der Waals surface area contributed by atoms with Gasteiger partial charge in [-0.15, -0.1) is 0 Å². The molecule has 4 heteroatoms. The summed E-state index contributed by atoms with van der Waals surface area (Å²) in [6, 6.07) is 3.64. The second-order valence-corrected chi connectivity index (χ2v) is 6.03. The molecule has 0 amide bonds. The quantitative estimate of drug-likeness (QED) is 0.330. The van der Waals surface area contributed by atoms with Gasteiger partial charge in [0.2, 0.25) is 11.6 Å². The minimum absolute atomic E-state index is 0.0382. The van der Waals surface area contributed by atoms with E-state index < -0.39 is 11.6 Å². The van der Waals surface area contributed by atoms with Gasteiger partial charge in [-0.3, -0.25) is 9.59 Å². The summed E-state index contributed by atoms with van der Waals surface area (Å²) in [6.07, 6.45) is 10.6. The lowest BCUT2D eigenvalue weighted by molar-refractivity contribution is -0.115. The smallest absolute Gasteiger partial charge is 0.232 e. The van der Waals surface area contributed by atoms with E-state index in [1.807, 2.05) is 0 Å². The molecular formula is C19H28O4. The summed E-state index contributed by atoms with van der Waals surface area (Å²) in [5.41, 5.74) is -0.0382. The van der Waals surface area contributed by atoms with Crippen LogP contribution in [0.1, 0.15) is 81.5 Å². The summed E-state index contributed by atoms with van der Waals surface area (Å²) < 4.78 is 0. The van der Waals surface area contributed by atoms with E-state index in [2.05, 4.69) is 6.92 Å². The third-order valence-corrected chi connectivity index (χ3v) is 3.99. The number of phenolic OH excluding ortho intramolecular Hbond substituents is 2. The van der Waals surface area contributed by atoms with Crippen LogP contribution in [-0.4, -0.2) is 21.8 Å². The van der Waals surface area contributed by atoms with Crippen molar-refractivity contribution in [3.8, 4) is 11.5 Å². The molecule has 0 spiro atoms. The molecule has 0 radical (unpaired) electrons. The Balaban J connectivity index is 2.20. The molecule has 0 bridgehead atoms. The van der Waals surface area contributed by atoms with Crippen LogP contribution in [0.5, 0.6) is 11.5 Å². The Hall–Kier alpha value is -1.84. The number of phenols is 2. The fourth-order valence-electron chi connectivity index (χ4n) is 2.57. The van der Waals surface area contributed by atoms with Crippen LogP contribution in [-0.2, 0) is 4.79 Å². The van der Waals surface area contributed by atoms with Crippen LogP contribution in [0, 0.1) is 0 Å². The van der Waals surface area contributed by atoms with E-state index in [1.54, 1.807) is 0 Å². The molecule has 1 aromatic carbocycles. The molecule has 0 saturated heterocycles. The highest BCUT2D eigenvalue weighted by atomic mass is 16.3. The van der Waals surface area contributed by atoms with Gasteiger partial charge in [0.05, 0.1) is 5.56 Å². The standard InChI is InChI=1S/C19H28O4/c1-2-3-4-5-6-7-8-9-10-11-17(21)19(23)16-13-12-15(20)14-18(16)22/h12-14,20,22H,2-11H2,1H3. The number of Topliss-reactive ketones (excluding diaryl/α,β-unsaturated/α-hetero) is 2. The molecule has 1 rings (SSSR count). The molecule has 2 N–H and O–H groups in total. The fourth-order valence-corrected chi connectivity index (χ4v) is 2.57. The molecule has 0 fully saturated rings. The van der Waals surface area contributed by atoms with Crippen molar-refractivity contribution in [2.75, 3.05) is 0 Å². The van der Waals surface area contributed by atoms with Crippen LogP contribution >= 0.6 is 0 Å². The Bertz CT molecular complexity index is 508. The van der Waals surface area contributed by atoms with Gasteiger partial charge < -0.3 is 10.2 Å². The Morgan fingerprint density at radius 2 is 1.43 bits per heavy atom. The summed E-state index contributed by atoms with van der Waals surface area (Å²) in [4.78, 5) is 23.8. The van der Waals surface area contributed by atoms with Gasteiger partial charge >= 0.3 is 0 Å². The van der Waals surface area contributed by atoms with Gasteiger partial charge in [0.25, 0.3) is 0 Å². The zero-order valence-electron chi connectivity index (χ0n) is 14.0. The average Bonchev–Trinajstić information content (AvgIpc) is 2.52. The van der Waals surface area contributed by atoms with Crippen molar-refractivity contribution >= 4 is 11.6 Å². The number of rotatable bonds is 12. The number of carbonyl (C=O) groups is 2. The lowest BCUT2D eigenvalue weighted by Gasteiger charge is -2.04. The van der Waals surface area contributed by atoms with Crippen molar-refractivity contribution in [3.63, 3.8) is 0 Å². The van der Waals surface area contributed by atoms with E-state index in [-0.39, 0.29) is 23.5 Å². The van der Waals surface area contributed by atoms with Gasteiger partial charge in [-0.25, -0.2) is 0 Å². The average molecular weight is 320 g/mol. The highest BCUT2D eigenvalue weighted by Gasteiger charge is 2.19. The van der Waals surface area contributed by atoms with E-state index in [1.165, 1.54) is 50.7 Å². The summed E-state index contributed by atoms with van der Waals surface area (Å²) in [6.45, 7) is 2.20. The number of benzene rings is 1. The van der Waals surface area contributed by atoms with Crippen molar-refractivity contribution in [1.82, 2.24) is 0 Å². The molecule has 0 heterocycles. The predicted octanol–water partition coefficient (Wildman–Crippen LogP) is 4.77. The Labute approximate surface area is 138 Å². The number of carbonyl (C=O) groups excluding carboxylic acids is 2. The van der Waals surface area contributed by atoms with E-state index in [9.17, 15) is 19.8 Å². The molecule has 0 aliphatic heterocycles. The van der Waals surface area contributed by atoms with E-state index in [0.717, 1.165) is 18.9 Å². The molecule has 1 aromatic rings. The van der Waals surface area contributed by atoms with Gasteiger partial charge in [0, 0.05) is 12.5 Å². The first kappa shape index (κ1) is 19.2. The lowest BCUT2D eigenvalue weighted by Crippen LogP contribution is -2.14. The largest absolute Gasteiger partial charge is 0.508 e. The predicted molar refractivity (Wildman–Crippen MR) is 91.0 cm³/mol. The molecule has 0 aromatic heterocycles. The summed E-state index contributed by atoms with van der Waals surface area (Å²) in [5.74, 6) is -1.64. The van der Waals surface area contributed by atoms with E-state index >= 15 is 0 Å². The monoisotopic (exact) mass is 320 g/mol. The van der Waals surface area contributed by atoms with Crippen LogP contribution in [0.15, 0.2) is 18.2 Å². The summed E-state index contributed by atoms with van der Waals surface area (Å²) in [7, 11) is 0. The van der Waals surface area contributed by atoms with Crippen LogP contribution in [0.3, 0.4) is 0 Å². The topological polar surface area (TPSA) is 74.6 Å². The molecule has 0 saturated carbocycles. The van der Waals surface area contributed by atoms with Crippen molar-refractivity contribution in [3.05, 3.63) is 23.8 Å². The van der Waals surface area contributed by atoms with Crippen LogP contribution in [0.25, 0.3) is 0 Å². The first-order valence-corrected chi connectivity index (χ1v) is 8.65. The Morgan fingerprint density at radius 1 is 0.870 bits per heavy atom. The van der Waals surface area contributed by atoms with Gasteiger partial charge in [0.15, 0.2) is 0 Å². The number of unbranched alkanes of at least 4 members (excludes halogenated alkanes) is 8. The molecule has 0 aliphatic carbocycles. The van der Waals surface area contributed by atoms with E-state index in [0.29, 0.717) is 6.42 Å². The molecule has 23 heavy (non-hydrogen) atoms.